The van der Waals surface area contributed by atoms with Crippen LogP contribution in [-0.4, -0.2) is 41.6 Å². The molecule has 0 radical (unpaired) electrons. The second kappa shape index (κ2) is 5.58. The predicted molar refractivity (Wildman–Crippen MR) is 71.4 cm³/mol. The van der Waals surface area contributed by atoms with E-state index in [1.807, 2.05) is 0 Å². The van der Waals surface area contributed by atoms with E-state index in [4.69, 9.17) is 5.11 Å². The number of carboxylic acids is 1. The number of esters is 1. The Balaban J connectivity index is 2.35. The van der Waals surface area contributed by atoms with E-state index in [-0.39, 0.29) is 30.3 Å². The molecule has 1 amide bonds. The van der Waals surface area contributed by atoms with Gasteiger partial charge in [-0.15, -0.1) is 0 Å². The molecule has 2 rings (SSSR count). The second-order valence-corrected chi connectivity index (χ2v) is 5.17. The van der Waals surface area contributed by atoms with Crippen molar-refractivity contribution in [3.05, 3.63) is 22.3 Å². The molecule has 106 valence electrons. The van der Waals surface area contributed by atoms with Gasteiger partial charge in [-0.05, 0) is 22.0 Å². The highest BCUT2D eigenvalue weighted by atomic mass is 79.9. The first-order chi connectivity index (χ1) is 9.43. The van der Waals surface area contributed by atoms with Gasteiger partial charge in [0.05, 0.1) is 13.0 Å². The maximum Gasteiger partial charge on any atom is 0.339 e. The molecule has 1 unspecified atom stereocenters. The minimum atomic E-state index is -1.19. The summed E-state index contributed by atoms with van der Waals surface area (Å²) in [4.78, 5) is 39.8. The lowest BCUT2D eigenvalue weighted by Crippen LogP contribution is -2.28. The molecule has 2 heterocycles. The molecule has 20 heavy (non-hydrogen) atoms. The van der Waals surface area contributed by atoms with Gasteiger partial charge in [0.1, 0.15) is 11.4 Å². The normalized spacial score (nSPS) is 18.2. The summed E-state index contributed by atoms with van der Waals surface area (Å²) in [6, 6.07) is 1.36. The Hall–Kier alpha value is -1.96. The van der Waals surface area contributed by atoms with E-state index in [9.17, 15) is 14.4 Å². The van der Waals surface area contributed by atoms with Gasteiger partial charge < -0.3 is 9.84 Å². The highest BCUT2D eigenvalue weighted by Gasteiger charge is 2.38. The maximum absolute atomic E-state index is 11.9. The van der Waals surface area contributed by atoms with Crippen LogP contribution in [0.2, 0.25) is 0 Å². The molecule has 0 bridgehead atoms. The number of carboxylic acid groups (broad SMARTS) is 1. The number of nitrogens with zero attached hydrogens (tertiary/aromatic N) is 2. The molecule has 1 aliphatic rings. The summed E-state index contributed by atoms with van der Waals surface area (Å²) < 4.78 is 5.10. The lowest BCUT2D eigenvalue weighted by atomic mass is 10.1. The number of aromatic carboxylic acids is 1. The van der Waals surface area contributed by atoms with Crippen LogP contribution >= 0.6 is 15.9 Å². The van der Waals surface area contributed by atoms with E-state index >= 15 is 0 Å². The van der Waals surface area contributed by atoms with Crippen LogP contribution < -0.4 is 4.90 Å². The van der Waals surface area contributed by atoms with Crippen molar-refractivity contribution in [1.82, 2.24) is 4.98 Å². The molecule has 0 aliphatic carbocycles. The molecule has 8 heteroatoms. The summed E-state index contributed by atoms with van der Waals surface area (Å²) in [7, 11) is 1.25. The zero-order chi connectivity index (χ0) is 14.9. The minimum Gasteiger partial charge on any atom is -0.478 e. The van der Waals surface area contributed by atoms with E-state index in [0.717, 1.165) is 0 Å². The molecule has 7 nitrogen and oxygen atoms in total. The van der Waals surface area contributed by atoms with Gasteiger partial charge in [0.15, 0.2) is 0 Å². The quantitative estimate of drug-likeness (QED) is 0.825. The number of carbonyl (C=O) groups is 3. The molecule has 1 N–H and O–H groups in total. The van der Waals surface area contributed by atoms with E-state index in [2.05, 4.69) is 25.7 Å². The molecule has 1 fully saturated rings. The Bertz CT molecular complexity index is 589. The number of amides is 1. The highest BCUT2D eigenvalue weighted by molar-refractivity contribution is 9.10. The predicted octanol–water partition coefficient (Wildman–Crippen LogP) is 1.07. The summed E-state index contributed by atoms with van der Waals surface area (Å²) in [5.41, 5.74) is -0.0989. The van der Waals surface area contributed by atoms with Gasteiger partial charge in [-0.1, -0.05) is 0 Å². The van der Waals surface area contributed by atoms with Crippen molar-refractivity contribution in [3.63, 3.8) is 0 Å². The van der Waals surface area contributed by atoms with Crippen LogP contribution in [-0.2, 0) is 14.3 Å². The average molecular weight is 343 g/mol. The van der Waals surface area contributed by atoms with Gasteiger partial charge in [0.25, 0.3) is 0 Å². The molecule has 1 atom stereocenters. The minimum absolute atomic E-state index is 0.0104. The zero-order valence-corrected chi connectivity index (χ0v) is 12.1. The monoisotopic (exact) mass is 342 g/mol. The Morgan fingerprint density at radius 2 is 2.25 bits per heavy atom. The molecule has 0 aromatic carbocycles. The third-order valence-electron chi connectivity index (χ3n) is 2.98. The topological polar surface area (TPSA) is 96.8 Å². The highest BCUT2D eigenvalue weighted by Crippen LogP contribution is 2.28. The van der Waals surface area contributed by atoms with Crippen LogP contribution in [0.5, 0.6) is 0 Å². The number of carbonyl (C=O) groups excluding carboxylic acids is 2. The van der Waals surface area contributed by atoms with Gasteiger partial charge in [-0.2, -0.15) is 0 Å². The van der Waals surface area contributed by atoms with Crippen molar-refractivity contribution in [1.29, 1.82) is 0 Å². The van der Waals surface area contributed by atoms with Gasteiger partial charge in [0, 0.05) is 23.6 Å². The number of methoxy groups -OCH3 is 1. The van der Waals surface area contributed by atoms with Crippen molar-refractivity contribution in [2.24, 2.45) is 5.92 Å². The lowest BCUT2D eigenvalue weighted by molar-refractivity contribution is -0.145. The van der Waals surface area contributed by atoms with Crippen molar-refractivity contribution < 1.29 is 24.2 Å². The van der Waals surface area contributed by atoms with Gasteiger partial charge in [0.2, 0.25) is 5.91 Å². The van der Waals surface area contributed by atoms with Crippen LogP contribution in [0.1, 0.15) is 16.8 Å². The number of ether oxygens (including phenoxy) is 1. The molecule has 1 aromatic rings. The number of rotatable bonds is 3. The molecule has 1 aliphatic heterocycles. The third-order valence-corrected chi connectivity index (χ3v) is 3.41. The Morgan fingerprint density at radius 3 is 2.85 bits per heavy atom. The number of aromatic nitrogens is 1. The lowest BCUT2D eigenvalue weighted by Gasteiger charge is -2.17. The van der Waals surface area contributed by atoms with Crippen molar-refractivity contribution in [2.45, 2.75) is 6.42 Å². The van der Waals surface area contributed by atoms with Crippen molar-refractivity contribution in [2.75, 3.05) is 18.6 Å². The molecule has 0 saturated carbocycles. The zero-order valence-electron chi connectivity index (χ0n) is 10.5. The Morgan fingerprint density at radius 1 is 1.55 bits per heavy atom. The van der Waals surface area contributed by atoms with E-state index in [0.29, 0.717) is 4.47 Å². The standard InChI is InChI=1S/C12H11BrN2O5/c1-20-12(19)6-2-9(16)15(5-6)10-8(11(17)18)3-7(13)4-14-10/h3-4,6H,2,5H2,1H3,(H,17,18). The Kier molecular flexibility index (Phi) is 4.03. The summed E-state index contributed by atoms with van der Waals surface area (Å²) in [6.45, 7) is 0.0699. The number of halogens is 1. The fourth-order valence-corrected chi connectivity index (χ4v) is 2.37. The first kappa shape index (κ1) is 14.4. The van der Waals surface area contributed by atoms with E-state index < -0.39 is 17.9 Å². The number of hydrogen-bond donors (Lipinski definition) is 1. The van der Waals surface area contributed by atoms with Gasteiger partial charge in [-0.3, -0.25) is 14.5 Å². The van der Waals surface area contributed by atoms with E-state index in [1.54, 1.807) is 0 Å². The van der Waals surface area contributed by atoms with Crippen LogP contribution in [0.4, 0.5) is 5.82 Å². The number of anilines is 1. The van der Waals surface area contributed by atoms with E-state index in [1.165, 1.54) is 24.3 Å². The fourth-order valence-electron chi connectivity index (χ4n) is 2.04. The molecular formula is C12H11BrN2O5. The first-order valence-corrected chi connectivity index (χ1v) is 6.50. The third kappa shape index (κ3) is 2.64. The summed E-state index contributed by atoms with van der Waals surface area (Å²) in [5, 5.41) is 9.17. The fraction of sp³-hybridized carbons (Fsp3) is 0.333. The largest absolute Gasteiger partial charge is 0.478 e. The average Bonchev–Trinajstić information content (AvgIpc) is 2.79. The summed E-state index contributed by atoms with van der Waals surface area (Å²) in [5.74, 6) is -2.59. The van der Waals surface area contributed by atoms with Crippen molar-refractivity contribution >= 4 is 39.6 Å². The molecule has 0 spiro atoms. The van der Waals surface area contributed by atoms with Gasteiger partial charge >= 0.3 is 11.9 Å². The number of pyridine rings is 1. The summed E-state index contributed by atoms with van der Waals surface area (Å²) >= 11 is 3.13. The van der Waals surface area contributed by atoms with Gasteiger partial charge in [-0.25, -0.2) is 9.78 Å². The molecular weight excluding hydrogens is 332 g/mol. The van der Waals surface area contributed by atoms with Crippen LogP contribution in [0.15, 0.2) is 16.7 Å². The first-order valence-electron chi connectivity index (χ1n) is 5.71. The van der Waals surface area contributed by atoms with Crippen molar-refractivity contribution in [3.8, 4) is 0 Å². The molecule has 1 saturated heterocycles. The number of hydrogen-bond acceptors (Lipinski definition) is 5. The van der Waals surface area contributed by atoms with Crippen LogP contribution in [0.3, 0.4) is 0 Å². The Labute approximate surface area is 122 Å². The molecule has 1 aromatic heterocycles. The smallest absolute Gasteiger partial charge is 0.339 e. The second-order valence-electron chi connectivity index (χ2n) is 4.26. The summed E-state index contributed by atoms with van der Waals surface area (Å²) in [6.07, 6.45) is 1.39. The van der Waals surface area contributed by atoms with Crippen LogP contribution in [0.25, 0.3) is 0 Å². The maximum atomic E-state index is 11.9. The SMILES string of the molecule is COC(=O)C1CC(=O)N(c2ncc(Br)cc2C(=O)O)C1. The van der Waals surface area contributed by atoms with Crippen LogP contribution in [0, 0.1) is 5.92 Å².